The highest BCUT2D eigenvalue weighted by molar-refractivity contribution is 6.02. The van der Waals surface area contributed by atoms with E-state index in [0.717, 1.165) is 11.4 Å². The Labute approximate surface area is 165 Å². The van der Waals surface area contributed by atoms with E-state index in [-0.39, 0.29) is 17.3 Å². The number of esters is 1. The highest BCUT2D eigenvalue weighted by Gasteiger charge is 2.38. The van der Waals surface area contributed by atoms with Gasteiger partial charge in [0.1, 0.15) is 5.82 Å². The Morgan fingerprint density at radius 1 is 1.25 bits per heavy atom. The zero-order valence-corrected chi connectivity index (χ0v) is 17.3. The third-order valence-electron chi connectivity index (χ3n) is 5.37. The van der Waals surface area contributed by atoms with Gasteiger partial charge < -0.3 is 19.9 Å². The van der Waals surface area contributed by atoms with Crippen LogP contribution in [0.25, 0.3) is 0 Å². The maximum atomic E-state index is 12.8. The summed E-state index contributed by atoms with van der Waals surface area (Å²) in [6.45, 7) is 9.87. The number of benzene rings is 1. The number of amides is 1. The summed E-state index contributed by atoms with van der Waals surface area (Å²) in [5.41, 5.74) is 4.73. The summed E-state index contributed by atoms with van der Waals surface area (Å²) < 4.78 is 5.10. The first kappa shape index (κ1) is 19.7. The Bertz CT molecular complexity index is 969. The first-order chi connectivity index (χ1) is 13.2. The molecule has 28 heavy (non-hydrogen) atoms. The molecule has 148 valence electrons. The van der Waals surface area contributed by atoms with E-state index in [4.69, 9.17) is 4.74 Å². The lowest BCUT2D eigenvalue weighted by Gasteiger charge is -2.24. The Kier molecular flexibility index (Phi) is 5.06. The number of allylic oxidation sites excluding steroid dienone is 1. The number of fused-ring (bicyclic) bond motifs is 1. The molecular weight excluding hydrogens is 354 g/mol. The number of nitrogens with zero attached hydrogens (tertiary/aromatic N) is 1. The summed E-state index contributed by atoms with van der Waals surface area (Å²) in [4.78, 5) is 30.0. The van der Waals surface area contributed by atoms with Crippen molar-refractivity contribution in [1.29, 1.82) is 0 Å². The van der Waals surface area contributed by atoms with Gasteiger partial charge >= 0.3 is 5.97 Å². The summed E-state index contributed by atoms with van der Waals surface area (Å²) in [6, 6.07) is 8.16. The first-order valence-corrected chi connectivity index (χ1v) is 9.41. The fourth-order valence-corrected chi connectivity index (χ4v) is 3.93. The van der Waals surface area contributed by atoms with Crippen molar-refractivity contribution in [3.8, 4) is 0 Å². The zero-order chi connectivity index (χ0) is 20.6. The Balaban J connectivity index is 1.87. The molecule has 0 aliphatic carbocycles. The van der Waals surface area contributed by atoms with Crippen LogP contribution >= 0.6 is 0 Å². The van der Waals surface area contributed by atoms with E-state index >= 15 is 0 Å². The smallest absolute Gasteiger partial charge is 0.340 e. The van der Waals surface area contributed by atoms with Crippen LogP contribution in [-0.2, 0) is 14.9 Å². The maximum absolute atomic E-state index is 12.8. The van der Waals surface area contributed by atoms with Crippen LogP contribution in [0, 0.1) is 13.8 Å². The zero-order valence-electron chi connectivity index (χ0n) is 17.3. The lowest BCUT2D eigenvalue weighted by molar-refractivity contribution is -0.112. The number of aryl methyl sites for hydroxylation is 1. The second-order valence-corrected chi connectivity index (χ2v) is 7.57. The summed E-state index contributed by atoms with van der Waals surface area (Å²) in [5.74, 6) is -0.124. The Morgan fingerprint density at radius 3 is 2.57 bits per heavy atom. The van der Waals surface area contributed by atoms with Gasteiger partial charge in [0, 0.05) is 41.2 Å². The quantitative estimate of drug-likeness (QED) is 0.619. The van der Waals surface area contributed by atoms with Crippen molar-refractivity contribution in [1.82, 2.24) is 4.98 Å². The molecule has 1 aliphatic heterocycles. The van der Waals surface area contributed by atoms with E-state index in [2.05, 4.69) is 36.3 Å². The second kappa shape index (κ2) is 7.19. The van der Waals surface area contributed by atoms with Crippen molar-refractivity contribution < 1.29 is 14.3 Å². The van der Waals surface area contributed by atoms with Crippen molar-refractivity contribution in [3.05, 3.63) is 58.4 Å². The minimum Gasteiger partial charge on any atom is -0.462 e. The molecule has 1 aromatic heterocycles. The fourth-order valence-electron chi connectivity index (χ4n) is 3.93. The van der Waals surface area contributed by atoms with E-state index in [1.165, 1.54) is 5.56 Å². The summed E-state index contributed by atoms with van der Waals surface area (Å²) in [6.07, 6.45) is 1.62. The van der Waals surface area contributed by atoms with E-state index in [1.54, 1.807) is 26.8 Å². The molecule has 0 saturated heterocycles. The Hall–Kier alpha value is -3.02. The second-order valence-electron chi connectivity index (χ2n) is 7.57. The lowest BCUT2D eigenvalue weighted by atomic mass is 9.84. The molecule has 1 aliphatic rings. The molecule has 2 aromatic rings. The largest absolute Gasteiger partial charge is 0.462 e. The third-order valence-corrected chi connectivity index (χ3v) is 5.37. The summed E-state index contributed by atoms with van der Waals surface area (Å²) >= 11 is 0. The van der Waals surface area contributed by atoms with Crippen LogP contribution < -0.4 is 10.2 Å². The molecule has 0 spiro atoms. The number of hydrogen-bond donors (Lipinski definition) is 2. The van der Waals surface area contributed by atoms with Crippen molar-refractivity contribution in [3.63, 3.8) is 0 Å². The van der Waals surface area contributed by atoms with Crippen LogP contribution in [0.5, 0.6) is 0 Å². The molecule has 6 nitrogen and oxygen atoms in total. The van der Waals surface area contributed by atoms with Gasteiger partial charge in [-0.25, -0.2) is 4.79 Å². The average Bonchev–Trinajstić information content (AvgIpc) is 3.01. The van der Waals surface area contributed by atoms with E-state index in [1.807, 2.05) is 24.1 Å². The number of rotatable bonds is 4. The number of likely N-dealkylation sites (N-methyl/N-ethyl adjacent to an activating group) is 1. The maximum Gasteiger partial charge on any atom is 0.340 e. The fraction of sp³-hybridized carbons (Fsp3) is 0.364. The van der Waals surface area contributed by atoms with Crippen LogP contribution in [0.1, 0.15) is 48.0 Å². The van der Waals surface area contributed by atoms with Crippen molar-refractivity contribution in [2.75, 3.05) is 23.9 Å². The number of ether oxygens (including phenoxy) is 1. The number of carbonyl (C=O) groups is 2. The predicted octanol–water partition coefficient (Wildman–Crippen LogP) is 4.06. The third kappa shape index (κ3) is 3.19. The standard InChI is InChI=1S/C22H27N3O3/c1-7-28-21(27)19-13(2)20(23-14(19)3)24-18(26)12-17-22(4,5)15-10-8-9-11-16(15)25(17)6/h8-12,23H,7H2,1-6H3,(H,24,26). The molecule has 0 radical (unpaired) electrons. The molecule has 0 unspecified atom stereocenters. The van der Waals surface area contributed by atoms with Crippen molar-refractivity contribution in [2.24, 2.45) is 0 Å². The number of para-hydroxylation sites is 1. The van der Waals surface area contributed by atoms with Crippen LogP contribution in [0.4, 0.5) is 11.5 Å². The molecule has 1 amide bonds. The van der Waals surface area contributed by atoms with Crippen LogP contribution in [0.2, 0.25) is 0 Å². The highest BCUT2D eigenvalue weighted by Crippen LogP contribution is 2.46. The number of aromatic nitrogens is 1. The van der Waals surface area contributed by atoms with Gasteiger partial charge in [-0.3, -0.25) is 4.79 Å². The average molecular weight is 381 g/mol. The van der Waals surface area contributed by atoms with E-state index < -0.39 is 0 Å². The number of carbonyl (C=O) groups excluding carboxylic acids is 2. The number of anilines is 2. The van der Waals surface area contributed by atoms with Gasteiger partial charge in [0.05, 0.1) is 12.2 Å². The number of nitrogens with one attached hydrogen (secondary N) is 2. The van der Waals surface area contributed by atoms with Gasteiger partial charge in [0.25, 0.3) is 5.91 Å². The van der Waals surface area contributed by atoms with Gasteiger partial charge in [0.2, 0.25) is 0 Å². The molecular formula is C22H27N3O3. The normalized spacial score (nSPS) is 16.2. The van der Waals surface area contributed by atoms with Crippen LogP contribution in [0.3, 0.4) is 0 Å². The summed E-state index contributed by atoms with van der Waals surface area (Å²) in [7, 11) is 1.97. The molecule has 6 heteroatoms. The molecule has 2 heterocycles. The Morgan fingerprint density at radius 2 is 1.93 bits per heavy atom. The molecule has 3 rings (SSSR count). The molecule has 1 aromatic carbocycles. The predicted molar refractivity (Wildman–Crippen MR) is 111 cm³/mol. The van der Waals surface area contributed by atoms with Crippen LogP contribution in [0.15, 0.2) is 36.0 Å². The first-order valence-electron chi connectivity index (χ1n) is 9.41. The molecule has 2 N–H and O–H groups in total. The van der Waals surface area contributed by atoms with E-state index in [0.29, 0.717) is 29.2 Å². The van der Waals surface area contributed by atoms with Crippen molar-refractivity contribution in [2.45, 2.75) is 40.0 Å². The number of aromatic amines is 1. The lowest BCUT2D eigenvalue weighted by Crippen LogP contribution is -2.25. The SMILES string of the molecule is CCOC(=O)c1c(C)[nH]c(NC(=O)C=C2N(C)c3ccccc3C2(C)C)c1C. The molecule has 0 bridgehead atoms. The van der Waals surface area contributed by atoms with Gasteiger partial charge in [-0.1, -0.05) is 32.0 Å². The topological polar surface area (TPSA) is 74.4 Å². The number of hydrogen-bond acceptors (Lipinski definition) is 4. The monoisotopic (exact) mass is 381 g/mol. The van der Waals surface area contributed by atoms with Gasteiger partial charge in [-0.15, -0.1) is 0 Å². The van der Waals surface area contributed by atoms with Crippen molar-refractivity contribution >= 4 is 23.4 Å². The summed E-state index contributed by atoms with van der Waals surface area (Å²) in [5, 5.41) is 2.88. The minimum atomic E-state index is -0.389. The van der Waals surface area contributed by atoms with Gasteiger partial charge in [0.15, 0.2) is 0 Å². The van der Waals surface area contributed by atoms with Gasteiger partial charge in [-0.2, -0.15) is 0 Å². The van der Waals surface area contributed by atoms with E-state index in [9.17, 15) is 9.59 Å². The molecule has 0 saturated carbocycles. The molecule has 0 atom stereocenters. The minimum absolute atomic E-state index is 0.248. The highest BCUT2D eigenvalue weighted by atomic mass is 16.5. The van der Waals surface area contributed by atoms with Gasteiger partial charge in [-0.05, 0) is 32.4 Å². The van der Waals surface area contributed by atoms with Crippen LogP contribution in [-0.4, -0.2) is 30.5 Å². The number of H-pyrrole nitrogens is 1. The molecule has 0 fully saturated rings.